The van der Waals surface area contributed by atoms with Crippen LogP contribution in [0.25, 0.3) is 0 Å². The zero-order valence-electron chi connectivity index (χ0n) is 17.2. The van der Waals surface area contributed by atoms with Crippen LogP contribution in [0.2, 0.25) is 0 Å². The van der Waals surface area contributed by atoms with Gasteiger partial charge >= 0.3 is 0 Å². The van der Waals surface area contributed by atoms with Gasteiger partial charge in [0.15, 0.2) is 0 Å². The molecule has 30 heavy (non-hydrogen) atoms. The Morgan fingerprint density at radius 1 is 1.20 bits per heavy atom. The van der Waals surface area contributed by atoms with E-state index < -0.39 is 0 Å². The number of methoxy groups -OCH3 is 2. The van der Waals surface area contributed by atoms with Crippen molar-refractivity contribution in [3.8, 4) is 11.5 Å². The Balaban J connectivity index is 1.87. The van der Waals surface area contributed by atoms with Crippen LogP contribution in [-0.4, -0.2) is 35.0 Å². The number of amides is 1. The highest BCUT2D eigenvalue weighted by atomic mass is 32.2. The number of carbonyl (C=O) groups excluding carboxylic acids is 1. The van der Waals surface area contributed by atoms with E-state index in [0.29, 0.717) is 44.5 Å². The maximum Gasteiger partial charge on any atom is 0.280 e. The molecule has 0 bridgehead atoms. The number of pyridine rings is 2. The summed E-state index contributed by atoms with van der Waals surface area (Å²) in [6, 6.07) is 10.7. The van der Waals surface area contributed by atoms with Crippen molar-refractivity contribution in [1.29, 1.82) is 0 Å². The van der Waals surface area contributed by atoms with Crippen molar-refractivity contribution >= 4 is 17.7 Å². The topological polar surface area (TPSA) is 85.9 Å². The van der Waals surface area contributed by atoms with E-state index in [1.165, 1.54) is 18.0 Å². The van der Waals surface area contributed by atoms with Crippen molar-refractivity contribution in [2.75, 3.05) is 14.2 Å². The number of aromatic nitrogens is 2. The number of benzene rings is 1. The molecule has 7 nitrogen and oxygen atoms in total. The molecule has 3 aromatic rings. The lowest BCUT2D eigenvalue weighted by atomic mass is 10.2. The van der Waals surface area contributed by atoms with Crippen LogP contribution < -0.4 is 14.8 Å². The average Bonchev–Trinajstić information content (AvgIpc) is 2.76. The lowest BCUT2D eigenvalue weighted by Gasteiger charge is -2.11. The lowest BCUT2D eigenvalue weighted by Crippen LogP contribution is -2.15. The van der Waals surface area contributed by atoms with Gasteiger partial charge in [0, 0.05) is 29.8 Å². The van der Waals surface area contributed by atoms with E-state index in [1.54, 1.807) is 52.5 Å². The highest BCUT2D eigenvalue weighted by Crippen LogP contribution is 2.31. The second-order valence-corrected chi connectivity index (χ2v) is 7.53. The van der Waals surface area contributed by atoms with E-state index >= 15 is 0 Å². The van der Waals surface area contributed by atoms with E-state index in [4.69, 9.17) is 9.47 Å². The van der Waals surface area contributed by atoms with Crippen molar-refractivity contribution in [3.05, 3.63) is 76.5 Å². The summed E-state index contributed by atoms with van der Waals surface area (Å²) >= 11 is 1.43. The molecule has 0 aliphatic carbocycles. The summed E-state index contributed by atoms with van der Waals surface area (Å²) in [7, 11) is 3.21. The zero-order valence-corrected chi connectivity index (χ0v) is 18.1. The Morgan fingerprint density at radius 3 is 2.73 bits per heavy atom. The maximum atomic E-state index is 12.9. The summed E-state index contributed by atoms with van der Waals surface area (Å²) < 4.78 is 11.7. The van der Waals surface area contributed by atoms with Gasteiger partial charge in [-0.05, 0) is 43.7 Å². The number of ether oxygens (including phenoxy) is 2. The van der Waals surface area contributed by atoms with Gasteiger partial charge in [0.05, 0.1) is 30.8 Å². The lowest BCUT2D eigenvalue weighted by molar-refractivity contribution is 0.0994. The van der Waals surface area contributed by atoms with Gasteiger partial charge in [-0.15, -0.1) is 11.8 Å². The van der Waals surface area contributed by atoms with Gasteiger partial charge in [-0.2, -0.15) is 4.73 Å². The minimum absolute atomic E-state index is 0.384. The first-order valence-corrected chi connectivity index (χ1v) is 10.2. The van der Waals surface area contributed by atoms with Crippen molar-refractivity contribution in [2.45, 2.75) is 24.6 Å². The van der Waals surface area contributed by atoms with Crippen molar-refractivity contribution in [2.24, 2.45) is 4.99 Å². The zero-order chi connectivity index (χ0) is 21.7. The third kappa shape index (κ3) is 4.83. The second kappa shape index (κ2) is 9.49. The first kappa shape index (κ1) is 21.4. The van der Waals surface area contributed by atoms with Crippen LogP contribution in [0.4, 0.5) is 0 Å². The SMILES string of the molecule is COc1ccc(CSc2ncccc2C(=O)N=c2cc(C)n(O)cc2C)c(OC)c1. The number of hydrogen-bond donors (Lipinski definition) is 1. The van der Waals surface area contributed by atoms with Gasteiger partial charge in [-0.3, -0.25) is 4.79 Å². The van der Waals surface area contributed by atoms with Crippen LogP contribution in [0.1, 0.15) is 27.2 Å². The van der Waals surface area contributed by atoms with Gasteiger partial charge in [-0.1, -0.05) is 6.07 Å². The first-order valence-electron chi connectivity index (χ1n) is 9.20. The molecular formula is C22H23N3O4S. The van der Waals surface area contributed by atoms with Crippen LogP contribution in [-0.2, 0) is 5.75 Å². The van der Waals surface area contributed by atoms with Gasteiger partial charge in [-0.25, -0.2) is 9.98 Å². The monoisotopic (exact) mass is 425 g/mol. The van der Waals surface area contributed by atoms with Gasteiger partial charge in [0.25, 0.3) is 5.91 Å². The standard InChI is InChI=1S/C22H23N3O4S/c1-14-12-25(27)15(2)10-19(14)24-21(26)18-6-5-9-23-22(18)30-13-16-7-8-17(28-3)11-20(16)29-4/h5-12,27H,13H2,1-4H3. The quantitative estimate of drug-likeness (QED) is 0.478. The van der Waals surface area contributed by atoms with Crippen molar-refractivity contribution in [1.82, 2.24) is 9.71 Å². The van der Waals surface area contributed by atoms with Crippen molar-refractivity contribution in [3.63, 3.8) is 0 Å². The summed E-state index contributed by atoms with van der Waals surface area (Å²) in [4.78, 5) is 21.5. The fourth-order valence-corrected chi connectivity index (χ4v) is 3.78. The van der Waals surface area contributed by atoms with Crippen LogP contribution in [0.3, 0.4) is 0 Å². The number of thioether (sulfide) groups is 1. The fourth-order valence-electron chi connectivity index (χ4n) is 2.81. The predicted molar refractivity (Wildman–Crippen MR) is 114 cm³/mol. The molecule has 0 fully saturated rings. The summed E-state index contributed by atoms with van der Waals surface area (Å²) in [6.07, 6.45) is 3.17. The van der Waals surface area contributed by atoms with Crippen molar-refractivity contribution < 1.29 is 19.5 Å². The molecule has 0 unspecified atom stereocenters. The summed E-state index contributed by atoms with van der Waals surface area (Å²) in [6.45, 7) is 3.52. The molecule has 0 aliphatic heterocycles. The average molecular weight is 426 g/mol. The molecule has 8 heteroatoms. The largest absolute Gasteiger partial charge is 0.497 e. The molecular weight excluding hydrogens is 402 g/mol. The molecule has 0 radical (unpaired) electrons. The summed E-state index contributed by atoms with van der Waals surface area (Å²) in [5.74, 6) is 1.61. The third-order valence-electron chi connectivity index (χ3n) is 4.51. The molecule has 0 saturated heterocycles. The van der Waals surface area contributed by atoms with Crippen LogP contribution in [0.15, 0.2) is 58.8 Å². The van der Waals surface area contributed by atoms with E-state index in [2.05, 4.69) is 9.98 Å². The van der Waals surface area contributed by atoms with Gasteiger partial charge < -0.3 is 14.7 Å². The first-order chi connectivity index (χ1) is 14.4. The Bertz CT molecular complexity index is 1140. The molecule has 156 valence electrons. The number of carbonyl (C=O) groups is 1. The van der Waals surface area contributed by atoms with Crippen LogP contribution in [0.5, 0.6) is 11.5 Å². The maximum absolute atomic E-state index is 12.9. The molecule has 1 amide bonds. The molecule has 2 heterocycles. The van der Waals surface area contributed by atoms with Gasteiger partial charge in [0.2, 0.25) is 0 Å². The minimum Gasteiger partial charge on any atom is -0.497 e. The Hall–Kier alpha value is -3.26. The molecule has 3 rings (SSSR count). The molecule has 0 aliphatic rings. The number of aryl methyl sites for hydroxylation is 2. The van der Waals surface area contributed by atoms with E-state index in [0.717, 1.165) is 10.3 Å². The minimum atomic E-state index is -0.384. The Labute approximate surface area is 179 Å². The normalized spacial score (nSPS) is 11.4. The molecule has 0 spiro atoms. The molecule has 0 atom stereocenters. The third-order valence-corrected chi connectivity index (χ3v) is 5.56. The van der Waals surface area contributed by atoms with E-state index in [-0.39, 0.29) is 5.91 Å². The number of rotatable bonds is 6. The van der Waals surface area contributed by atoms with E-state index in [9.17, 15) is 10.0 Å². The Kier molecular flexibility index (Phi) is 6.79. The molecule has 2 aromatic heterocycles. The van der Waals surface area contributed by atoms with E-state index in [1.807, 2.05) is 18.2 Å². The molecule has 0 saturated carbocycles. The highest BCUT2D eigenvalue weighted by Gasteiger charge is 2.14. The molecule has 1 N–H and O–H groups in total. The fraction of sp³-hybridized carbons (Fsp3) is 0.227. The molecule has 1 aromatic carbocycles. The van der Waals surface area contributed by atoms with Crippen LogP contribution in [0, 0.1) is 13.8 Å². The number of hydrogen-bond acceptors (Lipinski definition) is 6. The second-order valence-electron chi connectivity index (χ2n) is 6.57. The predicted octanol–water partition coefficient (Wildman–Crippen LogP) is 3.79. The number of nitrogens with zero attached hydrogens (tertiary/aromatic N) is 3. The summed E-state index contributed by atoms with van der Waals surface area (Å²) in [5, 5.41) is 10.8. The smallest absolute Gasteiger partial charge is 0.280 e. The highest BCUT2D eigenvalue weighted by molar-refractivity contribution is 7.98. The van der Waals surface area contributed by atoms with Crippen LogP contribution >= 0.6 is 11.8 Å². The Morgan fingerprint density at radius 2 is 2.00 bits per heavy atom. The summed E-state index contributed by atoms with van der Waals surface area (Å²) in [5.41, 5.74) is 2.66. The van der Waals surface area contributed by atoms with Gasteiger partial charge in [0.1, 0.15) is 16.5 Å².